The summed E-state index contributed by atoms with van der Waals surface area (Å²) >= 11 is 6.50. The molecule has 1 unspecified atom stereocenters. The Labute approximate surface area is 132 Å². The minimum atomic E-state index is 0.592. The van der Waals surface area contributed by atoms with Gasteiger partial charge in [-0.2, -0.15) is 0 Å². The van der Waals surface area contributed by atoms with Crippen molar-refractivity contribution >= 4 is 11.6 Å². The van der Waals surface area contributed by atoms with Gasteiger partial charge in [0.25, 0.3) is 0 Å². The van der Waals surface area contributed by atoms with Gasteiger partial charge in [0.1, 0.15) is 0 Å². The molecule has 1 aliphatic rings. The number of hydrogen-bond donors (Lipinski definition) is 1. The van der Waals surface area contributed by atoms with Gasteiger partial charge in [0.2, 0.25) is 0 Å². The normalized spacial score (nSPS) is 18.2. The van der Waals surface area contributed by atoms with Crippen LogP contribution >= 0.6 is 11.6 Å². The summed E-state index contributed by atoms with van der Waals surface area (Å²) in [4.78, 5) is 2.51. The minimum absolute atomic E-state index is 0.592. The van der Waals surface area contributed by atoms with Crippen LogP contribution in [0.25, 0.3) is 0 Å². The number of hydrogen-bond acceptors (Lipinski definition) is 4. The summed E-state index contributed by atoms with van der Waals surface area (Å²) in [5.41, 5.74) is 1.09. The van der Waals surface area contributed by atoms with E-state index < -0.39 is 0 Å². The van der Waals surface area contributed by atoms with E-state index in [0.29, 0.717) is 22.6 Å². The Balaban J connectivity index is 2.19. The fraction of sp³-hybridized carbons (Fsp3) is 0.625. The van der Waals surface area contributed by atoms with Crippen LogP contribution < -0.4 is 14.8 Å². The minimum Gasteiger partial charge on any atom is -0.493 e. The van der Waals surface area contributed by atoms with Crippen LogP contribution in [0.1, 0.15) is 25.3 Å². The SMILES string of the molecule is CCCN(Cc1ccc(OC)c(OC)c1Cl)C1CCNC1. The molecule has 1 aliphatic heterocycles. The number of benzene rings is 1. The van der Waals surface area contributed by atoms with Gasteiger partial charge in [-0.15, -0.1) is 0 Å². The molecular weight excluding hydrogens is 288 g/mol. The molecule has 0 saturated carbocycles. The third kappa shape index (κ3) is 3.82. The second kappa shape index (κ2) is 7.87. The van der Waals surface area contributed by atoms with Crippen molar-refractivity contribution in [1.29, 1.82) is 0 Å². The molecule has 1 heterocycles. The molecule has 1 aromatic rings. The van der Waals surface area contributed by atoms with E-state index >= 15 is 0 Å². The molecule has 118 valence electrons. The number of nitrogens with zero attached hydrogens (tertiary/aromatic N) is 1. The Bertz CT molecular complexity index is 462. The lowest BCUT2D eigenvalue weighted by molar-refractivity contribution is 0.199. The Hall–Kier alpha value is -0.970. The first-order chi connectivity index (χ1) is 10.2. The molecule has 4 nitrogen and oxygen atoms in total. The van der Waals surface area contributed by atoms with Crippen molar-refractivity contribution < 1.29 is 9.47 Å². The van der Waals surface area contributed by atoms with Crippen LogP contribution in [0, 0.1) is 0 Å². The van der Waals surface area contributed by atoms with Crippen LogP contribution in [0.2, 0.25) is 5.02 Å². The zero-order valence-electron chi connectivity index (χ0n) is 13.1. The molecular formula is C16H25ClN2O2. The zero-order chi connectivity index (χ0) is 15.2. The van der Waals surface area contributed by atoms with Gasteiger partial charge in [0.05, 0.1) is 19.2 Å². The van der Waals surface area contributed by atoms with Crippen LogP contribution in [-0.4, -0.2) is 44.8 Å². The highest BCUT2D eigenvalue weighted by Crippen LogP contribution is 2.38. The molecule has 0 bridgehead atoms. The van der Waals surface area contributed by atoms with Crippen LogP contribution in [0.4, 0.5) is 0 Å². The molecule has 0 radical (unpaired) electrons. The second-order valence-electron chi connectivity index (χ2n) is 5.39. The molecule has 0 aliphatic carbocycles. The summed E-state index contributed by atoms with van der Waals surface area (Å²) in [6.07, 6.45) is 2.34. The number of nitrogens with one attached hydrogen (secondary N) is 1. The lowest BCUT2D eigenvalue weighted by atomic mass is 10.1. The first-order valence-electron chi connectivity index (χ1n) is 7.55. The molecule has 1 aromatic carbocycles. The monoisotopic (exact) mass is 312 g/mol. The largest absolute Gasteiger partial charge is 0.493 e. The first kappa shape index (κ1) is 16.4. The summed E-state index contributed by atoms with van der Waals surface area (Å²) in [7, 11) is 3.25. The molecule has 0 spiro atoms. The van der Waals surface area contributed by atoms with Crippen LogP contribution in [0.3, 0.4) is 0 Å². The molecule has 0 amide bonds. The fourth-order valence-corrected chi connectivity index (χ4v) is 3.19. The van der Waals surface area contributed by atoms with Gasteiger partial charge in [-0.05, 0) is 37.6 Å². The van der Waals surface area contributed by atoms with E-state index in [-0.39, 0.29) is 0 Å². The van der Waals surface area contributed by atoms with E-state index in [1.165, 1.54) is 6.42 Å². The molecule has 0 aromatic heterocycles. The Morgan fingerprint density at radius 1 is 1.33 bits per heavy atom. The topological polar surface area (TPSA) is 33.7 Å². The average Bonchev–Trinajstić information content (AvgIpc) is 3.02. The molecule has 21 heavy (non-hydrogen) atoms. The van der Waals surface area contributed by atoms with E-state index in [4.69, 9.17) is 21.1 Å². The average molecular weight is 313 g/mol. The quantitative estimate of drug-likeness (QED) is 0.839. The van der Waals surface area contributed by atoms with Gasteiger partial charge in [0.15, 0.2) is 11.5 Å². The standard InChI is InChI=1S/C16H25ClN2O2/c1-4-9-19(13-7-8-18-10-13)11-12-5-6-14(20-2)16(21-3)15(12)17/h5-6,13,18H,4,7-11H2,1-3H3. The van der Waals surface area contributed by atoms with Crippen LogP contribution in [0.5, 0.6) is 11.5 Å². The number of ether oxygens (including phenoxy) is 2. The van der Waals surface area contributed by atoms with Gasteiger partial charge in [0, 0.05) is 19.1 Å². The van der Waals surface area contributed by atoms with Crippen molar-refractivity contribution in [2.45, 2.75) is 32.4 Å². The number of methoxy groups -OCH3 is 2. The summed E-state index contributed by atoms with van der Waals surface area (Å²) < 4.78 is 10.7. The number of rotatable bonds is 7. The molecule has 1 atom stereocenters. The molecule has 1 N–H and O–H groups in total. The summed E-state index contributed by atoms with van der Waals surface area (Å²) in [6, 6.07) is 4.56. The highest BCUT2D eigenvalue weighted by atomic mass is 35.5. The predicted octanol–water partition coefficient (Wildman–Crippen LogP) is 2.93. The molecule has 2 rings (SSSR count). The van der Waals surface area contributed by atoms with Crippen molar-refractivity contribution in [3.63, 3.8) is 0 Å². The Morgan fingerprint density at radius 2 is 2.14 bits per heavy atom. The van der Waals surface area contributed by atoms with Gasteiger partial charge >= 0.3 is 0 Å². The van der Waals surface area contributed by atoms with Crippen molar-refractivity contribution in [2.75, 3.05) is 33.9 Å². The van der Waals surface area contributed by atoms with Gasteiger partial charge in [-0.25, -0.2) is 0 Å². The smallest absolute Gasteiger partial charge is 0.179 e. The van der Waals surface area contributed by atoms with Crippen molar-refractivity contribution in [3.05, 3.63) is 22.7 Å². The van der Waals surface area contributed by atoms with Gasteiger partial charge < -0.3 is 14.8 Å². The van der Waals surface area contributed by atoms with E-state index in [9.17, 15) is 0 Å². The maximum Gasteiger partial charge on any atom is 0.179 e. The van der Waals surface area contributed by atoms with Gasteiger partial charge in [-0.3, -0.25) is 4.90 Å². The summed E-state index contributed by atoms with van der Waals surface area (Å²) in [5, 5.41) is 4.09. The van der Waals surface area contributed by atoms with E-state index in [0.717, 1.165) is 38.2 Å². The van der Waals surface area contributed by atoms with Crippen molar-refractivity contribution in [2.24, 2.45) is 0 Å². The van der Waals surface area contributed by atoms with Crippen LogP contribution in [0.15, 0.2) is 12.1 Å². The van der Waals surface area contributed by atoms with E-state index in [2.05, 4.69) is 17.1 Å². The third-order valence-electron chi connectivity index (χ3n) is 4.00. The molecule has 1 saturated heterocycles. The highest BCUT2D eigenvalue weighted by molar-refractivity contribution is 6.33. The van der Waals surface area contributed by atoms with E-state index in [1.807, 2.05) is 12.1 Å². The Morgan fingerprint density at radius 3 is 2.71 bits per heavy atom. The lowest BCUT2D eigenvalue weighted by Gasteiger charge is -2.28. The van der Waals surface area contributed by atoms with Crippen LogP contribution in [-0.2, 0) is 6.54 Å². The fourth-order valence-electron chi connectivity index (χ4n) is 2.90. The summed E-state index contributed by atoms with van der Waals surface area (Å²) in [5.74, 6) is 1.30. The maximum atomic E-state index is 6.50. The lowest BCUT2D eigenvalue weighted by Crippen LogP contribution is -2.37. The molecule has 5 heteroatoms. The predicted molar refractivity (Wildman–Crippen MR) is 86.5 cm³/mol. The second-order valence-corrected chi connectivity index (χ2v) is 5.77. The molecule has 1 fully saturated rings. The van der Waals surface area contributed by atoms with Gasteiger partial charge in [-0.1, -0.05) is 24.6 Å². The highest BCUT2D eigenvalue weighted by Gasteiger charge is 2.23. The Kier molecular flexibility index (Phi) is 6.15. The summed E-state index contributed by atoms with van der Waals surface area (Å²) in [6.45, 7) is 6.30. The first-order valence-corrected chi connectivity index (χ1v) is 7.93. The van der Waals surface area contributed by atoms with E-state index in [1.54, 1.807) is 14.2 Å². The maximum absolute atomic E-state index is 6.50. The van der Waals surface area contributed by atoms with Crippen molar-refractivity contribution in [1.82, 2.24) is 10.2 Å². The third-order valence-corrected chi connectivity index (χ3v) is 4.41. The zero-order valence-corrected chi connectivity index (χ0v) is 13.9. The van der Waals surface area contributed by atoms with Crippen molar-refractivity contribution in [3.8, 4) is 11.5 Å². The number of halogens is 1.